The van der Waals surface area contributed by atoms with Crippen molar-refractivity contribution in [3.63, 3.8) is 0 Å². The molecule has 5 nitrogen and oxygen atoms in total. The SMILES string of the molecule is CCOC(=O)c1ccc(Cn2ccnc2)o1. The first kappa shape index (κ1) is 10.5. The second-order valence-corrected chi connectivity index (χ2v) is 3.22. The van der Waals surface area contributed by atoms with Gasteiger partial charge in [0.1, 0.15) is 5.76 Å². The van der Waals surface area contributed by atoms with Crippen LogP contribution in [0.25, 0.3) is 0 Å². The van der Waals surface area contributed by atoms with E-state index >= 15 is 0 Å². The van der Waals surface area contributed by atoms with Crippen molar-refractivity contribution in [3.05, 3.63) is 42.4 Å². The van der Waals surface area contributed by atoms with Crippen molar-refractivity contribution in [3.8, 4) is 0 Å². The van der Waals surface area contributed by atoms with Crippen molar-refractivity contribution in [2.45, 2.75) is 13.5 Å². The number of ether oxygens (including phenoxy) is 1. The Kier molecular flexibility index (Phi) is 3.05. The Balaban J connectivity index is 2.05. The Hall–Kier alpha value is -2.04. The monoisotopic (exact) mass is 220 g/mol. The minimum atomic E-state index is -0.431. The summed E-state index contributed by atoms with van der Waals surface area (Å²) in [5, 5.41) is 0. The van der Waals surface area contributed by atoms with Crippen molar-refractivity contribution in [1.29, 1.82) is 0 Å². The van der Waals surface area contributed by atoms with Crippen LogP contribution >= 0.6 is 0 Å². The lowest BCUT2D eigenvalue weighted by Crippen LogP contribution is -2.02. The van der Waals surface area contributed by atoms with Crippen molar-refractivity contribution < 1.29 is 13.9 Å². The summed E-state index contributed by atoms with van der Waals surface area (Å²) >= 11 is 0. The normalized spacial score (nSPS) is 10.3. The van der Waals surface area contributed by atoms with E-state index in [0.29, 0.717) is 18.9 Å². The molecule has 0 bridgehead atoms. The molecule has 2 aromatic heterocycles. The third-order valence-corrected chi connectivity index (χ3v) is 2.04. The maximum absolute atomic E-state index is 11.3. The summed E-state index contributed by atoms with van der Waals surface area (Å²) in [5.41, 5.74) is 0. The largest absolute Gasteiger partial charge is 0.460 e. The predicted octanol–water partition coefficient (Wildman–Crippen LogP) is 1.70. The van der Waals surface area contributed by atoms with Gasteiger partial charge in [0, 0.05) is 12.4 Å². The Bertz CT molecular complexity index is 459. The molecule has 0 spiro atoms. The summed E-state index contributed by atoms with van der Waals surface area (Å²) in [4.78, 5) is 15.2. The second kappa shape index (κ2) is 4.65. The average molecular weight is 220 g/mol. The number of nitrogens with zero attached hydrogens (tertiary/aromatic N) is 2. The molecule has 0 aliphatic carbocycles. The van der Waals surface area contributed by atoms with Crippen LogP contribution in [0.3, 0.4) is 0 Å². The zero-order chi connectivity index (χ0) is 11.4. The molecular weight excluding hydrogens is 208 g/mol. The zero-order valence-corrected chi connectivity index (χ0v) is 8.92. The fourth-order valence-electron chi connectivity index (χ4n) is 1.34. The van der Waals surface area contributed by atoms with E-state index in [9.17, 15) is 4.79 Å². The number of carbonyl (C=O) groups is 1. The van der Waals surface area contributed by atoms with Crippen LogP contribution in [0.1, 0.15) is 23.2 Å². The van der Waals surface area contributed by atoms with Gasteiger partial charge in [-0.1, -0.05) is 0 Å². The van der Waals surface area contributed by atoms with E-state index < -0.39 is 5.97 Å². The highest BCUT2D eigenvalue weighted by atomic mass is 16.5. The number of furan rings is 1. The van der Waals surface area contributed by atoms with Gasteiger partial charge in [-0.2, -0.15) is 0 Å². The highest BCUT2D eigenvalue weighted by Gasteiger charge is 2.11. The third kappa shape index (κ3) is 2.31. The van der Waals surface area contributed by atoms with Crippen LogP contribution in [0.2, 0.25) is 0 Å². The first-order valence-electron chi connectivity index (χ1n) is 5.01. The van der Waals surface area contributed by atoms with Crippen LogP contribution in [-0.4, -0.2) is 22.1 Å². The Labute approximate surface area is 92.7 Å². The van der Waals surface area contributed by atoms with Gasteiger partial charge in [0.25, 0.3) is 0 Å². The molecule has 5 heteroatoms. The van der Waals surface area contributed by atoms with Gasteiger partial charge in [0.2, 0.25) is 5.76 Å². The van der Waals surface area contributed by atoms with Gasteiger partial charge in [-0.05, 0) is 19.1 Å². The van der Waals surface area contributed by atoms with Crippen LogP contribution in [0.15, 0.2) is 35.3 Å². The summed E-state index contributed by atoms with van der Waals surface area (Å²) in [6.07, 6.45) is 5.20. The third-order valence-electron chi connectivity index (χ3n) is 2.04. The molecule has 0 saturated heterocycles. The molecule has 0 atom stereocenters. The first-order chi connectivity index (χ1) is 7.79. The smallest absolute Gasteiger partial charge is 0.374 e. The van der Waals surface area contributed by atoms with Gasteiger partial charge in [-0.3, -0.25) is 0 Å². The van der Waals surface area contributed by atoms with E-state index in [-0.39, 0.29) is 5.76 Å². The number of carbonyl (C=O) groups excluding carboxylic acids is 1. The minimum absolute atomic E-state index is 0.233. The quantitative estimate of drug-likeness (QED) is 0.736. The van der Waals surface area contributed by atoms with E-state index in [1.165, 1.54) is 0 Å². The average Bonchev–Trinajstić information content (AvgIpc) is 2.90. The molecule has 0 saturated carbocycles. The summed E-state index contributed by atoms with van der Waals surface area (Å²) in [7, 11) is 0. The molecule has 0 aliphatic heterocycles. The highest BCUT2D eigenvalue weighted by Crippen LogP contribution is 2.10. The Morgan fingerprint density at radius 3 is 3.12 bits per heavy atom. The number of hydrogen-bond acceptors (Lipinski definition) is 4. The fourth-order valence-corrected chi connectivity index (χ4v) is 1.34. The number of aromatic nitrogens is 2. The van der Waals surface area contributed by atoms with Gasteiger partial charge in [0.05, 0.1) is 19.5 Å². The van der Waals surface area contributed by atoms with Crippen LogP contribution < -0.4 is 0 Å². The summed E-state index contributed by atoms with van der Waals surface area (Å²) < 4.78 is 12.0. The summed E-state index contributed by atoms with van der Waals surface area (Å²) in [6, 6.07) is 3.37. The Morgan fingerprint density at radius 1 is 1.56 bits per heavy atom. The second-order valence-electron chi connectivity index (χ2n) is 3.22. The van der Waals surface area contributed by atoms with E-state index in [0.717, 1.165) is 0 Å². The maximum Gasteiger partial charge on any atom is 0.374 e. The molecule has 2 heterocycles. The topological polar surface area (TPSA) is 57.3 Å². The summed E-state index contributed by atoms with van der Waals surface area (Å²) in [5.74, 6) is 0.498. The highest BCUT2D eigenvalue weighted by molar-refractivity contribution is 5.86. The number of rotatable bonds is 4. The van der Waals surface area contributed by atoms with E-state index in [1.807, 2.05) is 10.8 Å². The van der Waals surface area contributed by atoms with E-state index in [2.05, 4.69) is 4.98 Å². The van der Waals surface area contributed by atoms with Crippen LogP contribution in [0.4, 0.5) is 0 Å². The first-order valence-corrected chi connectivity index (χ1v) is 5.01. The van der Waals surface area contributed by atoms with Crippen molar-refractivity contribution >= 4 is 5.97 Å². The van der Waals surface area contributed by atoms with Gasteiger partial charge >= 0.3 is 5.97 Å². The molecule has 0 amide bonds. The lowest BCUT2D eigenvalue weighted by atomic mass is 10.4. The molecule has 0 aromatic carbocycles. The van der Waals surface area contributed by atoms with Gasteiger partial charge < -0.3 is 13.7 Å². The maximum atomic E-state index is 11.3. The lowest BCUT2D eigenvalue weighted by Gasteiger charge is -1.98. The molecule has 2 aromatic rings. The summed E-state index contributed by atoms with van der Waals surface area (Å²) in [6.45, 7) is 2.66. The van der Waals surface area contributed by atoms with Gasteiger partial charge in [-0.25, -0.2) is 9.78 Å². The molecule has 16 heavy (non-hydrogen) atoms. The van der Waals surface area contributed by atoms with E-state index in [1.54, 1.807) is 31.6 Å². The fraction of sp³-hybridized carbons (Fsp3) is 0.273. The predicted molar refractivity (Wildman–Crippen MR) is 56.0 cm³/mol. The van der Waals surface area contributed by atoms with Gasteiger partial charge in [0.15, 0.2) is 0 Å². The molecule has 2 rings (SSSR count). The number of hydrogen-bond donors (Lipinski definition) is 0. The zero-order valence-electron chi connectivity index (χ0n) is 8.92. The lowest BCUT2D eigenvalue weighted by molar-refractivity contribution is 0.0488. The number of imidazole rings is 1. The van der Waals surface area contributed by atoms with E-state index in [4.69, 9.17) is 9.15 Å². The van der Waals surface area contributed by atoms with Gasteiger partial charge in [-0.15, -0.1) is 0 Å². The molecule has 0 unspecified atom stereocenters. The standard InChI is InChI=1S/C11H12N2O3/c1-2-15-11(14)10-4-3-9(16-10)7-13-6-5-12-8-13/h3-6,8H,2,7H2,1H3. The molecule has 0 N–H and O–H groups in total. The minimum Gasteiger partial charge on any atom is -0.460 e. The molecule has 84 valence electrons. The Morgan fingerprint density at radius 2 is 2.44 bits per heavy atom. The number of esters is 1. The van der Waals surface area contributed by atoms with Crippen LogP contribution in [0.5, 0.6) is 0 Å². The van der Waals surface area contributed by atoms with Crippen LogP contribution in [0, 0.1) is 0 Å². The molecule has 0 fully saturated rings. The van der Waals surface area contributed by atoms with Crippen LogP contribution in [-0.2, 0) is 11.3 Å². The molecule has 0 aliphatic rings. The molecular formula is C11H12N2O3. The van der Waals surface area contributed by atoms with Crippen molar-refractivity contribution in [1.82, 2.24) is 9.55 Å². The molecule has 0 radical (unpaired) electrons. The van der Waals surface area contributed by atoms with Crippen molar-refractivity contribution in [2.24, 2.45) is 0 Å². The van der Waals surface area contributed by atoms with Crippen molar-refractivity contribution in [2.75, 3.05) is 6.61 Å².